The number of nitro groups is 1. The van der Waals surface area contributed by atoms with Crippen LogP contribution in [-0.2, 0) is 13.0 Å². The van der Waals surface area contributed by atoms with Gasteiger partial charge in [-0.3, -0.25) is 10.1 Å². The lowest BCUT2D eigenvalue weighted by Crippen LogP contribution is -1.99. The quantitative estimate of drug-likeness (QED) is 0.600. The molecule has 2 aromatic rings. The van der Waals surface area contributed by atoms with E-state index in [1.807, 2.05) is 6.92 Å². The van der Waals surface area contributed by atoms with E-state index in [1.54, 1.807) is 0 Å². The number of hydrogen-bond acceptors (Lipinski definition) is 6. The van der Waals surface area contributed by atoms with Gasteiger partial charge in [0.25, 0.3) is 5.89 Å². The van der Waals surface area contributed by atoms with Gasteiger partial charge >= 0.3 is 5.69 Å². The van der Waals surface area contributed by atoms with Gasteiger partial charge in [-0.2, -0.15) is 4.98 Å². The maximum absolute atomic E-state index is 10.9. The molecule has 0 bridgehead atoms. The Labute approximate surface area is 119 Å². The second-order valence-corrected chi connectivity index (χ2v) is 4.45. The zero-order valence-electron chi connectivity index (χ0n) is 10.7. The van der Waals surface area contributed by atoms with Crippen LogP contribution in [-0.4, -0.2) is 15.1 Å². The Morgan fingerprint density at radius 3 is 3.00 bits per heavy atom. The number of hydrogen-bond donors (Lipinski definition) is 0. The maximum atomic E-state index is 10.9. The molecule has 0 amide bonds. The van der Waals surface area contributed by atoms with Crippen LogP contribution >= 0.6 is 11.6 Å². The monoisotopic (exact) mass is 297 g/mol. The van der Waals surface area contributed by atoms with E-state index >= 15 is 0 Å². The lowest BCUT2D eigenvalue weighted by Gasteiger charge is -2.04. The summed E-state index contributed by atoms with van der Waals surface area (Å²) in [6.07, 6.45) is 1.61. The minimum Gasteiger partial charge on any atom is -0.477 e. The molecule has 106 valence electrons. The highest BCUT2D eigenvalue weighted by Crippen LogP contribution is 2.30. The fourth-order valence-electron chi connectivity index (χ4n) is 1.57. The predicted octanol–water partition coefficient (Wildman–Crippen LogP) is 3.16. The van der Waals surface area contributed by atoms with Gasteiger partial charge in [-0.15, -0.1) is 0 Å². The van der Waals surface area contributed by atoms with Gasteiger partial charge in [0.1, 0.15) is 0 Å². The molecular formula is C12H12ClN3O4. The molecule has 1 aromatic heterocycles. The largest absolute Gasteiger partial charge is 0.477 e. The SMILES string of the molecule is CCCc1noc(COc2cc(Cl)ccc2[N+](=O)[O-])n1. The van der Waals surface area contributed by atoms with Crippen molar-refractivity contribution in [2.45, 2.75) is 26.4 Å². The fourth-order valence-corrected chi connectivity index (χ4v) is 1.73. The van der Waals surface area contributed by atoms with Crippen molar-refractivity contribution in [3.05, 3.63) is 45.1 Å². The van der Waals surface area contributed by atoms with E-state index in [2.05, 4.69) is 10.1 Å². The van der Waals surface area contributed by atoms with Crippen molar-refractivity contribution < 1.29 is 14.2 Å². The lowest BCUT2D eigenvalue weighted by molar-refractivity contribution is -0.386. The average molecular weight is 298 g/mol. The molecule has 0 saturated carbocycles. The number of rotatable bonds is 6. The van der Waals surface area contributed by atoms with E-state index in [1.165, 1.54) is 18.2 Å². The second kappa shape index (κ2) is 6.33. The van der Waals surface area contributed by atoms with Gasteiger partial charge < -0.3 is 9.26 Å². The predicted molar refractivity (Wildman–Crippen MR) is 70.7 cm³/mol. The van der Waals surface area contributed by atoms with E-state index in [0.717, 1.165) is 6.42 Å². The third-order valence-electron chi connectivity index (χ3n) is 2.45. The fraction of sp³-hybridized carbons (Fsp3) is 0.333. The molecule has 1 heterocycles. The van der Waals surface area contributed by atoms with Crippen molar-refractivity contribution in [2.24, 2.45) is 0 Å². The molecule has 20 heavy (non-hydrogen) atoms. The molecule has 0 spiro atoms. The molecule has 0 atom stereocenters. The summed E-state index contributed by atoms with van der Waals surface area (Å²) in [5, 5.41) is 15.0. The summed E-state index contributed by atoms with van der Waals surface area (Å²) in [5.74, 6) is 0.923. The number of aryl methyl sites for hydroxylation is 1. The average Bonchev–Trinajstić information content (AvgIpc) is 2.84. The van der Waals surface area contributed by atoms with Gasteiger partial charge in [-0.05, 0) is 12.5 Å². The summed E-state index contributed by atoms with van der Waals surface area (Å²) in [4.78, 5) is 14.4. The number of benzene rings is 1. The molecule has 0 aliphatic rings. The number of nitro benzene ring substituents is 1. The third kappa shape index (κ3) is 3.45. The first-order valence-corrected chi connectivity index (χ1v) is 6.36. The van der Waals surface area contributed by atoms with Crippen LogP contribution in [0.3, 0.4) is 0 Å². The Morgan fingerprint density at radius 1 is 1.50 bits per heavy atom. The van der Waals surface area contributed by atoms with Gasteiger partial charge in [0.05, 0.1) is 4.92 Å². The van der Waals surface area contributed by atoms with Crippen LogP contribution < -0.4 is 4.74 Å². The highest BCUT2D eigenvalue weighted by molar-refractivity contribution is 6.30. The van der Waals surface area contributed by atoms with Crippen molar-refractivity contribution in [1.29, 1.82) is 0 Å². The number of halogens is 1. The third-order valence-corrected chi connectivity index (χ3v) is 2.69. The van der Waals surface area contributed by atoms with Crippen LogP contribution in [0.2, 0.25) is 5.02 Å². The lowest BCUT2D eigenvalue weighted by atomic mass is 10.3. The van der Waals surface area contributed by atoms with Crippen LogP contribution in [0.5, 0.6) is 5.75 Å². The molecule has 0 N–H and O–H groups in total. The van der Waals surface area contributed by atoms with E-state index in [9.17, 15) is 10.1 Å². The van der Waals surface area contributed by atoms with E-state index in [-0.39, 0.29) is 23.9 Å². The number of aromatic nitrogens is 2. The zero-order valence-corrected chi connectivity index (χ0v) is 11.5. The van der Waals surface area contributed by atoms with E-state index in [4.69, 9.17) is 20.9 Å². The van der Waals surface area contributed by atoms with Crippen molar-refractivity contribution in [3.8, 4) is 5.75 Å². The van der Waals surface area contributed by atoms with Crippen molar-refractivity contribution in [3.63, 3.8) is 0 Å². The summed E-state index contributed by atoms with van der Waals surface area (Å²) >= 11 is 5.79. The molecule has 2 rings (SSSR count). The van der Waals surface area contributed by atoms with Crippen LogP contribution in [0, 0.1) is 10.1 Å². The summed E-state index contributed by atoms with van der Waals surface area (Å²) in [6, 6.07) is 4.09. The molecule has 0 fully saturated rings. The number of nitrogens with zero attached hydrogens (tertiary/aromatic N) is 3. The Hall–Kier alpha value is -2.15. The van der Waals surface area contributed by atoms with Crippen LogP contribution in [0.25, 0.3) is 0 Å². The molecule has 0 aliphatic heterocycles. The molecule has 0 aliphatic carbocycles. The summed E-state index contributed by atoms with van der Waals surface area (Å²) in [6.45, 7) is 1.96. The van der Waals surface area contributed by atoms with Gasteiger partial charge in [0.15, 0.2) is 18.2 Å². The minimum absolute atomic E-state index is 0.0438. The molecule has 0 unspecified atom stereocenters. The first-order chi connectivity index (χ1) is 9.60. The Bertz CT molecular complexity index is 614. The van der Waals surface area contributed by atoms with Crippen molar-refractivity contribution in [1.82, 2.24) is 10.1 Å². The Kier molecular flexibility index (Phi) is 4.52. The van der Waals surface area contributed by atoms with Crippen molar-refractivity contribution >= 4 is 17.3 Å². The molecular weight excluding hydrogens is 286 g/mol. The van der Waals surface area contributed by atoms with Gasteiger partial charge in [-0.1, -0.05) is 23.7 Å². The standard InChI is InChI=1S/C12H12ClN3O4/c1-2-3-11-14-12(20-15-11)7-19-10-6-8(13)4-5-9(10)16(17)18/h4-6H,2-3,7H2,1H3. The molecule has 7 nitrogen and oxygen atoms in total. The highest BCUT2D eigenvalue weighted by atomic mass is 35.5. The summed E-state index contributed by atoms with van der Waals surface area (Å²) in [5.41, 5.74) is -0.164. The maximum Gasteiger partial charge on any atom is 0.311 e. The Morgan fingerprint density at radius 2 is 2.30 bits per heavy atom. The van der Waals surface area contributed by atoms with Gasteiger partial charge in [0, 0.05) is 23.6 Å². The smallest absolute Gasteiger partial charge is 0.311 e. The second-order valence-electron chi connectivity index (χ2n) is 4.01. The molecule has 1 aromatic carbocycles. The van der Waals surface area contributed by atoms with Crippen LogP contribution in [0.1, 0.15) is 25.1 Å². The minimum atomic E-state index is -0.540. The number of ether oxygens (including phenoxy) is 1. The normalized spacial score (nSPS) is 10.5. The summed E-state index contributed by atoms with van der Waals surface area (Å²) < 4.78 is 10.3. The highest BCUT2D eigenvalue weighted by Gasteiger charge is 2.16. The van der Waals surface area contributed by atoms with Crippen LogP contribution in [0.15, 0.2) is 22.7 Å². The van der Waals surface area contributed by atoms with Crippen LogP contribution in [0.4, 0.5) is 5.69 Å². The topological polar surface area (TPSA) is 91.3 Å². The Balaban J connectivity index is 2.09. The summed E-state index contributed by atoms with van der Waals surface area (Å²) in [7, 11) is 0. The molecule has 0 radical (unpaired) electrons. The van der Waals surface area contributed by atoms with Crippen molar-refractivity contribution in [2.75, 3.05) is 0 Å². The van der Waals surface area contributed by atoms with Gasteiger partial charge in [-0.25, -0.2) is 0 Å². The van der Waals surface area contributed by atoms with E-state index in [0.29, 0.717) is 17.3 Å². The molecule has 8 heteroatoms. The first kappa shape index (κ1) is 14.3. The zero-order chi connectivity index (χ0) is 14.5. The first-order valence-electron chi connectivity index (χ1n) is 5.98. The van der Waals surface area contributed by atoms with E-state index < -0.39 is 4.92 Å². The molecule has 0 saturated heterocycles. The van der Waals surface area contributed by atoms with Gasteiger partial charge in [0.2, 0.25) is 0 Å².